The zero-order valence-corrected chi connectivity index (χ0v) is 14.6. The fraction of sp³-hybridized carbons (Fsp3) is 0.412. The smallest absolute Gasteiger partial charge is 0.213 e. The van der Waals surface area contributed by atoms with Crippen molar-refractivity contribution in [2.45, 2.75) is 19.3 Å². The van der Waals surface area contributed by atoms with Gasteiger partial charge in [0.1, 0.15) is 5.82 Å². The van der Waals surface area contributed by atoms with Crippen LogP contribution in [0.4, 0.5) is 10.2 Å². The van der Waals surface area contributed by atoms with Crippen LogP contribution in [-0.4, -0.2) is 29.7 Å². The third-order valence-corrected chi connectivity index (χ3v) is 4.73. The van der Waals surface area contributed by atoms with E-state index in [0.717, 1.165) is 39.0 Å². The van der Waals surface area contributed by atoms with E-state index in [0.29, 0.717) is 33.0 Å². The summed E-state index contributed by atoms with van der Waals surface area (Å²) in [6.07, 6.45) is 4.53. The summed E-state index contributed by atoms with van der Waals surface area (Å²) in [5.41, 5.74) is 0.876. The molecule has 0 aliphatic carbocycles. The quantitative estimate of drug-likeness (QED) is 0.767. The summed E-state index contributed by atoms with van der Waals surface area (Å²) < 4.78 is 18.8. The van der Waals surface area contributed by atoms with Crippen LogP contribution in [0.2, 0.25) is 10.0 Å². The summed E-state index contributed by atoms with van der Waals surface area (Å²) in [7, 11) is 0. The van der Waals surface area contributed by atoms with Crippen LogP contribution in [0.1, 0.15) is 19.3 Å². The maximum Gasteiger partial charge on any atom is 0.213 e. The summed E-state index contributed by atoms with van der Waals surface area (Å²) in [5, 5.41) is 4.03. The van der Waals surface area contributed by atoms with Gasteiger partial charge in [-0.3, -0.25) is 0 Å². The molecule has 1 saturated heterocycles. The molecule has 7 heteroatoms. The van der Waals surface area contributed by atoms with E-state index in [1.54, 1.807) is 12.1 Å². The number of aromatic nitrogens is 2. The molecule has 0 radical (unpaired) electrons. The van der Waals surface area contributed by atoms with Crippen LogP contribution in [0, 0.1) is 11.9 Å². The van der Waals surface area contributed by atoms with Gasteiger partial charge in [-0.1, -0.05) is 23.2 Å². The zero-order valence-electron chi connectivity index (χ0n) is 13.1. The van der Waals surface area contributed by atoms with E-state index in [9.17, 15) is 4.39 Å². The molecule has 0 unspecified atom stereocenters. The standard InChI is InChI=1S/C17H18Cl2FN3O/c18-13-1-2-16(21-6-3-11-4-7-24-8-5-11)23-17(13)12-9-15(20)22-10-14(12)19/h1-2,9-11H,3-8H2,(H,21,23). The predicted molar refractivity (Wildman–Crippen MR) is 94.1 cm³/mol. The van der Waals surface area contributed by atoms with Gasteiger partial charge in [-0.25, -0.2) is 9.97 Å². The first-order chi connectivity index (χ1) is 11.6. The number of hydrogen-bond donors (Lipinski definition) is 1. The Hall–Kier alpha value is -1.43. The van der Waals surface area contributed by atoms with Crippen LogP contribution in [0.15, 0.2) is 24.4 Å². The van der Waals surface area contributed by atoms with Crippen molar-refractivity contribution in [2.75, 3.05) is 25.1 Å². The molecule has 0 spiro atoms. The van der Waals surface area contributed by atoms with Crippen molar-refractivity contribution in [1.29, 1.82) is 0 Å². The van der Waals surface area contributed by atoms with Gasteiger partial charge in [-0.15, -0.1) is 0 Å². The lowest BCUT2D eigenvalue weighted by Crippen LogP contribution is -2.18. The van der Waals surface area contributed by atoms with E-state index in [2.05, 4.69) is 15.3 Å². The van der Waals surface area contributed by atoms with Crippen molar-refractivity contribution in [1.82, 2.24) is 9.97 Å². The van der Waals surface area contributed by atoms with Gasteiger partial charge in [-0.05, 0) is 37.3 Å². The summed E-state index contributed by atoms with van der Waals surface area (Å²) in [6, 6.07) is 4.78. The highest BCUT2D eigenvalue weighted by atomic mass is 35.5. The molecule has 0 aromatic carbocycles. The Morgan fingerprint density at radius 1 is 1.21 bits per heavy atom. The number of pyridine rings is 2. The van der Waals surface area contributed by atoms with Gasteiger partial charge < -0.3 is 10.1 Å². The second-order valence-corrected chi connectivity index (χ2v) is 6.60. The van der Waals surface area contributed by atoms with Crippen molar-refractivity contribution in [3.8, 4) is 11.3 Å². The van der Waals surface area contributed by atoms with Crippen molar-refractivity contribution < 1.29 is 9.13 Å². The number of anilines is 1. The largest absolute Gasteiger partial charge is 0.381 e. The topological polar surface area (TPSA) is 47.0 Å². The van der Waals surface area contributed by atoms with Crippen LogP contribution >= 0.6 is 23.2 Å². The number of halogens is 3. The molecule has 24 heavy (non-hydrogen) atoms. The van der Waals surface area contributed by atoms with Crippen molar-refractivity contribution in [2.24, 2.45) is 5.92 Å². The third-order valence-electron chi connectivity index (χ3n) is 4.12. The van der Waals surface area contributed by atoms with E-state index in [1.165, 1.54) is 12.3 Å². The van der Waals surface area contributed by atoms with Gasteiger partial charge in [-0.2, -0.15) is 4.39 Å². The van der Waals surface area contributed by atoms with Crippen molar-refractivity contribution >= 4 is 29.0 Å². The molecule has 0 saturated carbocycles. The summed E-state index contributed by atoms with van der Waals surface area (Å²) >= 11 is 12.3. The molecule has 1 aliphatic rings. The SMILES string of the molecule is Fc1cc(-c2nc(NCCC3CCOCC3)ccc2Cl)c(Cl)cn1. The van der Waals surface area contributed by atoms with Crippen LogP contribution in [0.25, 0.3) is 11.3 Å². The monoisotopic (exact) mass is 369 g/mol. The van der Waals surface area contributed by atoms with Gasteiger partial charge in [0.15, 0.2) is 0 Å². The summed E-state index contributed by atoms with van der Waals surface area (Å²) in [5.74, 6) is 0.752. The van der Waals surface area contributed by atoms with Gasteiger partial charge in [0.05, 0.1) is 15.7 Å². The lowest BCUT2D eigenvalue weighted by molar-refractivity contribution is 0.0649. The van der Waals surface area contributed by atoms with E-state index in [-0.39, 0.29) is 0 Å². The zero-order chi connectivity index (χ0) is 16.9. The van der Waals surface area contributed by atoms with E-state index in [1.807, 2.05) is 0 Å². The minimum atomic E-state index is -0.620. The highest BCUT2D eigenvalue weighted by Gasteiger charge is 2.14. The molecule has 1 fully saturated rings. The average Bonchev–Trinajstić information content (AvgIpc) is 2.60. The Balaban J connectivity index is 1.70. The van der Waals surface area contributed by atoms with E-state index < -0.39 is 5.95 Å². The van der Waals surface area contributed by atoms with E-state index >= 15 is 0 Å². The minimum Gasteiger partial charge on any atom is -0.381 e. The number of nitrogens with zero attached hydrogens (tertiary/aromatic N) is 2. The second kappa shape index (κ2) is 8.10. The first-order valence-corrected chi connectivity index (χ1v) is 8.68. The molecule has 1 aliphatic heterocycles. The fourth-order valence-corrected chi connectivity index (χ4v) is 3.16. The Morgan fingerprint density at radius 2 is 2.00 bits per heavy atom. The maximum absolute atomic E-state index is 13.4. The van der Waals surface area contributed by atoms with Gasteiger partial charge in [0.2, 0.25) is 5.95 Å². The second-order valence-electron chi connectivity index (χ2n) is 5.78. The summed E-state index contributed by atoms with van der Waals surface area (Å²) in [6.45, 7) is 2.51. The molecular weight excluding hydrogens is 352 g/mol. The molecule has 0 atom stereocenters. The summed E-state index contributed by atoms with van der Waals surface area (Å²) in [4.78, 5) is 8.00. The lowest BCUT2D eigenvalue weighted by atomic mass is 9.97. The Labute approximate surface area is 150 Å². The molecule has 0 amide bonds. The molecule has 2 aromatic rings. The van der Waals surface area contributed by atoms with Gasteiger partial charge in [0, 0.05) is 37.6 Å². The van der Waals surface area contributed by atoms with Gasteiger partial charge >= 0.3 is 0 Å². The predicted octanol–water partition coefficient (Wildman–Crippen LogP) is 4.82. The first-order valence-electron chi connectivity index (χ1n) is 7.93. The number of hydrogen-bond acceptors (Lipinski definition) is 4. The third kappa shape index (κ3) is 4.35. The molecule has 1 N–H and O–H groups in total. The minimum absolute atomic E-state index is 0.310. The van der Waals surface area contributed by atoms with Gasteiger partial charge in [0.25, 0.3) is 0 Å². The fourth-order valence-electron chi connectivity index (χ4n) is 2.76. The first kappa shape index (κ1) is 17.4. The lowest BCUT2D eigenvalue weighted by Gasteiger charge is -2.22. The van der Waals surface area contributed by atoms with Crippen LogP contribution < -0.4 is 5.32 Å². The maximum atomic E-state index is 13.4. The number of nitrogens with one attached hydrogen (secondary N) is 1. The highest BCUT2D eigenvalue weighted by Crippen LogP contribution is 2.32. The molecule has 2 aromatic heterocycles. The normalized spacial score (nSPS) is 15.5. The Kier molecular flexibility index (Phi) is 5.87. The van der Waals surface area contributed by atoms with E-state index in [4.69, 9.17) is 27.9 Å². The highest BCUT2D eigenvalue weighted by molar-refractivity contribution is 6.36. The number of ether oxygens (including phenoxy) is 1. The van der Waals surface area contributed by atoms with Crippen molar-refractivity contribution in [3.05, 3.63) is 40.4 Å². The van der Waals surface area contributed by atoms with Crippen molar-refractivity contribution in [3.63, 3.8) is 0 Å². The molecule has 4 nitrogen and oxygen atoms in total. The molecule has 0 bridgehead atoms. The average molecular weight is 370 g/mol. The molecule has 128 valence electrons. The Morgan fingerprint density at radius 3 is 2.79 bits per heavy atom. The van der Waals surface area contributed by atoms with Crippen LogP contribution in [0.5, 0.6) is 0 Å². The Bertz CT molecular complexity index is 708. The molecular formula is C17H18Cl2FN3O. The number of rotatable bonds is 5. The van der Waals surface area contributed by atoms with Crippen LogP contribution in [-0.2, 0) is 4.74 Å². The molecule has 3 rings (SSSR count). The van der Waals surface area contributed by atoms with Crippen LogP contribution in [0.3, 0.4) is 0 Å². The molecule has 3 heterocycles.